The largest absolute Gasteiger partial charge is 0.366 e. The maximum Gasteiger partial charge on any atom is 0.241 e. The average molecular weight is 217 g/mol. The van der Waals surface area contributed by atoms with Crippen LogP contribution >= 0.6 is 23.2 Å². The van der Waals surface area contributed by atoms with Crippen LogP contribution in [0.2, 0.25) is 10.0 Å². The third-order valence-electron chi connectivity index (χ3n) is 1.30. The molecule has 0 saturated carbocycles. The molecule has 0 radical (unpaired) electrons. The summed E-state index contributed by atoms with van der Waals surface area (Å²) >= 11 is 11.5. The van der Waals surface area contributed by atoms with Crippen LogP contribution in [0.1, 0.15) is 5.56 Å². The van der Waals surface area contributed by atoms with E-state index < -0.39 is 5.91 Å². The number of hydrogen-bond donors (Lipinski definition) is 1. The molecule has 1 amide bonds. The molecule has 3 nitrogen and oxygen atoms in total. The minimum absolute atomic E-state index is 0.380. The molecule has 68 valence electrons. The van der Waals surface area contributed by atoms with Gasteiger partial charge in [0.15, 0.2) is 0 Å². The quantitative estimate of drug-likeness (QED) is 0.769. The van der Waals surface area contributed by atoms with Gasteiger partial charge in [0, 0.05) is 24.0 Å². The van der Waals surface area contributed by atoms with Gasteiger partial charge in [-0.3, -0.25) is 9.78 Å². The molecule has 0 aromatic carbocycles. The van der Waals surface area contributed by atoms with Gasteiger partial charge in [0.2, 0.25) is 5.91 Å². The Hall–Kier alpha value is -1.06. The molecule has 13 heavy (non-hydrogen) atoms. The number of nitrogens with zero attached hydrogens (tertiary/aromatic N) is 1. The SMILES string of the molecule is NC(=O)/C=C/c1c(Cl)cncc1Cl. The molecule has 1 aromatic rings. The topological polar surface area (TPSA) is 56.0 Å². The fraction of sp³-hybridized carbons (Fsp3) is 0. The van der Waals surface area contributed by atoms with Crippen LogP contribution < -0.4 is 5.73 Å². The molecule has 0 atom stereocenters. The monoisotopic (exact) mass is 216 g/mol. The van der Waals surface area contributed by atoms with E-state index in [-0.39, 0.29) is 0 Å². The summed E-state index contributed by atoms with van der Waals surface area (Å²) in [5.41, 5.74) is 5.45. The first kappa shape index (κ1) is 10.0. The van der Waals surface area contributed by atoms with E-state index in [2.05, 4.69) is 4.98 Å². The summed E-state index contributed by atoms with van der Waals surface area (Å²) in [6.45, 7) is 0. The minimum atomic E-state index is -0.552. The summed E-state index contributed by atoms with van der Waals surface area (Å²) in [4.78, 5) is 14.2. The lowest BCUT2D eigenvalue weighted by Gasteiger charge is -1.98. The Balaban J connectivity index is 3.06. The Bertz CT molecular complexity index is 343. The van der Waals surface area contributed by atoms with Crippen LogP contribution in [0.15, 0.2) is 18.5 Å². The van der Waals surface area contributed by atoms with Crippen molar-refractivity contribution in [2.45, 2.75) is 0 Å². The van der Waals surface area contributed by atoms with Gasteiger partial charge in [0.05, 0.1) is 10.0 Å². The van der Waals surface area contributed by atoms with Crippen LogP contribution in [-0.2, 0) is 4.79 Å². The number of nitrogens with two attached hydrogens (primary N) is 1. The van der Waals surface area contributed by atoms with Crippen molar-refractivity contribution < 1.29 is 4.79 Å². The Labute approximate surface area is 85.2 Å². The number of carbonyl (C=O) groups excluding carboxylic acids is 1. The van der Waals surface area contributed by atoms with E-state index in [0.717, 1.165) is 0 Å². The molecule has 0 spiro atoms. The second kappa shape index (κ2) is 4.25. The summed E-state index contributed by atoms with van der Waals surface area (Å²) in [7, 11) is 0. The minimum Gasteiger partial charge on any atom is -0.366 e. The summed E-state index contributed by atoms with van der Waals surface area (Å²) in [5.74, 6) is -0.552. The molecule has 0 bridgehead atoms. The third-order valence-corrected chi connectivity index (χ3v) is 1.91. The lowest BCUT2D eigenvalue weighted by Crippen LogP contribution is -2.05. The normalized spacial score (nSPS) is 10.6. The van der Waals surface area contributed by atoms with Gasteiger partial charge in [-0.1, -0.05) is 23.2 Å². The first-order chi connectivity index (χ1) is 6.11. The molecular weight excluding hydrogens is 211 g/mol. The molecule has 2 N–H and O–H groups in total. The van der Waals surface area contributed by atoms with Crippen molar-refractivity contribution in [2.24, 2.45) is 5.73 Å². The summed E-state index contributed by atoms with van der Waals surface area (Å²) in [5, 5.41) is 0.759. The van der Waals surface area contributed by atoms with Crippen LogP contribution in [0.3, 0.4) is 0 Å². The number of pyridine rings is 1. The molecule has 0 fully saturated rings. The van der Waals surface area contributed by atoms with Crippen LogP contribution in [0.5, 0.6) is 0 Å². The van der Waals surface area contributed by atoms with Gasteiger partial charge in [-0.2, -0.15) is 0 Å². The highest BCUT2D eigenvalue weighted by atomic mass is 35.5. The lowest BCUT2D eigenvalue weighted by molar-refractivity contribution is -0.113. The first-order valence-corrected chi connectivity index (χ1v) is 4.13. The molecule has 1 aromatic heterocycles. The fourth-order valence-electron chi connectivity index (χ4n) is 0.746. The van der Waals surface area contributed by atoms with E-state index in [1.54, 1.807) is 0 Å². The van der Waals surface area contributed by atoms with E-state index in [9.17, 15) is 4.79 Å². The Kier molecular flexibility index (Phi) is 3.28. The van der Waals surface area contributed by atoms with Crippen molar-refractivity contribution in [3.05, 3.63) is 34.1 Å². The van der Waals surface area contributed by atoms with Gasteiger partial charge < -0.3 is 5.73 Å². The van der Waals surface area contributed by atoms with Crippen molar-refractivity contribution in [3.8, 4) is 0 Å². The maximum absolute atomic E-state index is 10.4. The van der Waals surface area contributed by atoms with E-state index in [0.29, 0.717) is 15.6 Å². The second-order valence-electron chi connectivity index (χ2n) is 2.25. The number of amides is 1. The standard InChI is InChI=1S/C8H6Cl2N2O/c9-6-3-12-4-7(10)5(6)1-2-8(11)13/h1-4H,(H2,11,13)/b2-1+. The molecule has 0 aliphatic rings. The van der Waals surface area contributed by atoms with Gasteiger partial charge in [0.1, 0.15) is 0 Å². The molecule has 1 heterocycles. The second-order valence-corrected chi connectivity index (χ2v) is 3.07. The van der Waals surface area contributed by atoms with Crippen LogP contribution in [0, 0.1) is 0 Å². The number of halogens is 2. The number of rotatable bonds is 2. The molecule has 0 aliphatic carbocycles. The fourth-order valence-corrected chi connectivity index (χ4v) is 1.24. The molecule has 0 aliphatic heterocycles. The van der Waals surface area contributed by atoms with Crippen molar-refractivity contribution in [1.29, 1.82) is 0 Å². The van der Waals surface area contributed by atoms with E-state index in [1.807, 2.05) is 0 Å². The first-order valence-electron chi connectivity index (χ1n) is 3.38. The number of hydrogen-bond acceptors (Lipinski definition) is 2. The van der Waals surface area contributed by atoms with Crippen LogP contribution in [0.4, 0.5) is 0 Å². The number of primary amides is 1. The summed E-state index contributed by atoms with van der Waals surface area (Å²) in [6, 6.07) is 0. The zero-order chi connectivity index (χ0) is 9.84. The summed E-state index contributed by atoms with van der Waals surface area (Å²) in [6.07, 6.45) is 5.52. The molecule has 0 unspecified atom stereocenters. The van der Waals surface area contributed by atoms with Crippen molar-refractivity contribution in [2.75, 3.05) is 0 Å². The van der Waals surface area contributed by atoms with Crippen molar-refractivity contribution in [3.63, 3.8) is 0 Å². The smallest absolute Gasteiger partial charge is 0.241 e. The van der Waals surface area contributed by atoms with Crippen molar-refractivity contribution >= 4 is 35.2 Å². The summed E-state index contributed by atoms with van der Waals surface area (Å²) < 4.78 is 0. The predicted octanol–water partition coefficient (Wildman–Crippen LogP) is 1.89. The zero-order valence-corrected chi connectivity index (χ0v) is 8.01. The van der Waals surface area contributed by atoms with Crippen molar-refractivity contribution in [1.82, 2.24) is 4.98 Å². The third kappa shape index (κ3) is 2.72. The van der Waals surface area contributed by atoms with Gasteiger partial charge in [-0.05, 0) is 6.08 Å². The lowest BCUT2D eigenvalue weighted by atomic mass is 10.2. The average Bonchev–Trinajstić information content (AvgIpc) is 2.03. The molecular formula is C8H6Cl2N2O. The van der Waals surface area contributed by atoms with Crippen LogP contribution in [-0.4, -0.2) is 10.9 Å². The number of aromatic nitrogens is 1. The van der Waals surface area contributed by atoms with Gasteiger partial charge >= 0.3 is 0 Å². The van der Waals surface area contributed by atoms with E-state index >= 15 is 0 Å². The highest BCUT2D eigenvalue weighted by molar-refractivity contribution is 6.37. The molecule has 1 rings (SSSR count). The molecule has 5 heteroatoms. The van der Waals surface area contributed by atoms with Gasteiger partial charge in [-0.15, -0.1) is 0 Å². The Morgan fingerprint density at radius 3 is 2.38 bits per heavy atom. The van der Waals surface area contributed by atoms with Gasteiger partial charge in [-0.25, -0.2) is 0 Å². The van der Waals surface area contributed by atoms with E-state index in [1.165, 1.54) is 24.5 Å². The maximum atomic E-state index is 10.4. The van der Waals surface area contributed by atoms with E-state index in [4.69, 9.17) is 28.9 Å². The highest BCUT2D eigenvalue weighted by Crippen LogP contribution is 2.23. The highest BCUT2D eigenvalue weighted by Gasteiger charge is 2.01. The van der Waals surface area contributed by atoms with Gasteiger partial charge in [0.25, 0.3) is 0 Å². The predicted molar refractivity (Wildman–Crippen MR) is 52.5 cm³/mol. The zero-order valence-electron chi connectivity index (χ0n) is 6.50. The Morgan fingerprint density at radius 2 is 1.92 bits per heavy atom. The Morgan fingerprint density at radius 1 is 1.38 bits per heavy atom. The molecule has 0 saturated heterocycles. The van der Waals surface area contributed by atoms with Crippen LogP contribution in [0.25, 0.3) is 6.08 Å². The number of carbonyl (C=O) groups is 1.